The fourth-order valence-corrected chi connectivity index (χ4v) is 1.68. The van der Waals surface area contributed by atoms with Gasteiger partial charge in [-0.25, -0.2) is 9.18 Å². The van der Waals surface area contributed by atoms with E-state index in [1.165, 1.54) is 25.9 Å². The minimum atomic E-state index is -1.56. The van der Waals surface area contributed by atoms with Crippen LogP contribution in [0.3, 0.4) is 0 Å². The number of likely N-dealkylation sites (N-methyl/N-ethyl adjacent to an activating group) is 1. The van der Waals surface area contributed by atoms with Crippen molar-refractivity contribution in [3.8, 4) is 0 Å². The van der Waals surface area contributed by atoms with Crippen LogP contribution in [0.5, 0.6) is 0 Å². The number of nitro groups is 1. The van der Waals surface area contributed by atoms with Gasteiger partial charge in [0.25, 0.3) is 5.69 Å². The molecule has 0 bridgehead atoms. The highest BCUT2D eigenvalue weighted by Gasteiger charge is 2.25. The lowest BCUT2D eigenvalue weighted by Crippen LogP contribution is -2.36. The first-order chi connectivity index (χ1) is 9.65. The highest BCUT2D eigenvalue weighted by Crippen LogP contribution is 2.26. The number of halogens is 1. The summed E-state index contributed by atoms with van der Waals surface area (Å²) >= 11 is 0. The number of nitrogens with zero attached hydrogens (tertiary/aromatic N) is 2. The maximum absolute atomic E-state index is 13.8. The largest absolute Gasteiger partial charge is 0.477 e. The summed E-state index contributed by atoms with van der Waals surface area (Å²) in [6.07, 6.45) is 0. The first-order valence-corrected chi connectivity index (χ1v) is 5.84. The molecule has 1 rings (SSSR count). The molecule has 114 valence electrons. The van der Waals surface area contributed by atoms with Crippen LogP contribution in [0.25, 0.3) is 0 Å². The van der Waals surface area contributed by atoms with Crippen molar-refractivity contribution < 1.29 is 24.0 Å². The van der Waals surface area contributed by atoms with E-state index in [1.54, 1.807) is 0 Å². The van der Waals surface area contributed by atoms with Gasteiger partial charge in [-0.15, -0.1) is 0 Å². The van der Waals surface area contributed by atoms with Gasteiger partial charge in [0.1, 0.15) is 11.6 Å². The molecule has 21 heavy (non-hydrogen) atoms. The zero-order valence-electron chi connectivity index (χ0n) is 11.6. The number of nitro benzene ring substituents is 1. The van der Waals surface area contributed by atoms with E-state index in [-0.39, 0.29) is 11.6 Å². The Kier molecular flexibility index (Phi) is 4.79. The number of carbonyl (C=O) groups is 2. The van der Waals surface area contributed by atoms with Crippen LogP contribution in [0.2, 0.25) is 0 Å². The van der Waals surface area contributed by atoms with Crippen molar-refractivity contribution in [2.75, 3.05) is 19.4 Å². The molecule has 0 radical (unpaired) electrons. The first-order valence-electron chi connectivity index (χ1n) is 5.84. The number of benzene rings is 1. The lowest BCUT2D eigenvalue weighted by atomic mass is 10.1. The highest BCUT2D eigenvalue weighted by atomic mass is 19.1. The molecule has 0 fully saturated rings. The van der Waals surface area contributed by atoms with Crippen molar-refractivity contribution in [2.24, 2.45) is 0 Å². The third-order valence-corrected chi connectivity index (χ3v) is 2.70. The summed E-state index contributed by atoms with van der Waals surface area (Å²) in [7, 11) is 3.02. The number of rotatable bonds is 5. The van der Waals surface area contributed by atoms with Crippen LogP contribution >= 0.6 is 0 Å². The molecule has 1 aromatic carbocycles. The van der Waals surface area contributed by atoms with Gasteiger partial charge in [-0.05, 0) is 13.0 Å². The van der Waals surface area contributed by atoms with Crippen molar-refractivity contribution in [3.05, 3.63) is 33.6 Å². The normalized spacial score (nSPS) is 11.6. The van der Waals surface area contributed by atoms with Crippen LogP contribution in [-0.4, -0.2) is 46.9 Å². The molecule has 0 spiro atoms. The smallest absolute Gasteiger partial charge is 0.342 e. The second-order valence-electron chi connectivity index (χ2n) is 4.51. The molecular formula is C12H14FN3O5. The van der Waals surface area contributed by atoms with Crippen molar-refractivity contribution in [1.29, 1.82) is 0 Å². The lowest BCUT2D eigenvalue weighted by Gasteiger charge is -2.19. The van der Waals surface area contributed by atoms with E-state index >= 15 is 0 Å². The summed E-state index contributed by atoms with van der Waals surface area (Å²) < 4.78 is 13.8. The number of amides is 1. The van der Waals surface area contributed by atoms with Gasteiger partial charge in [-0.2, -0.15) is 0 Å². The van der Waals surface area contributed by atoms with Crippen molar-refractivity contribution in [2.45, 2.75) is 13.0 Å². The van der Waals surface area contributed by atoms with Crippen molar-refractivity contribution in [3.63, 3.8) is 0 Å². The molecular weight excluding hydrogens is 285 g/mol. The van der Waals surface area contributed by atoms with Gasteiger partial charge in [0, 0.05) is 14.1 Å². The van der Waals surface area contributed by atoms with Crippen LogP contribution in [0.15, 0.2) is 12.1 Å². The van der Waals surface area contributed by atoms with E-state index in [0.717, 1.165) is 6.07 Å². The van der Waals surface area contributed by atoms with Gasteiger partial charge in [-0.1, -0.05) is 0 Å². The SMILES string of the molecule is CC(Nc1cc(C(=O)O)c([N+](=O)[O-])cc1F)C(=O)N(C)C. The molecule has 2 N–H and O–H groups in total. The Morgan fingerprint density at radius 1 is 1.43 bits per heavy atom. The molecule has 1 atom stereocenters. The molecule has 0 aliphatic carbocycles. The predicted octanol–water partition coefficient (Wildman–Crippen LogP) is 1.32. The van der Waals surface area contributed by atoms with Gasteiger partial charge in [0.2, 0.25) is 5.91 Å². The molecule has 0 aliphatic heterocycles. The number of carbonyl (C=O) groups excluding carboxylic acids is 1. The molecule has 1 aromatic rings. The molecule has 1 amide bonds. The number of hydrogen-bond donors (Lipinski definition) is 2. The molecule has 0 heterocycles. The van der Waals surface area contributed by atoms with Crippen LogP contribution < -0.4 is 5.32 Å². The number of hydrogen-bond acceptors (Lipinski definition) is 5. The van der Waals surface area contributed by atoms with E-state index in [4.69, 9.17) is 5.11 Å². The molecule has 8 nitrogen and oxygen atoms in total. The summed E-state index contributed by atoms with van der Waals surface area (Å²) in [5.74, 6) is -2.92. The Bertz CT molecular complexity index is 603. The number of nitrogens with one attached hydrogen (secondary N) is 1. The Hall–Kier alpha value is -2.71. The lowest BCUT2D eigenvalue weighted by molar-refractivity contribution is -0.385. The molecule has 1 unspecified atom stereocenters. The zero-order valence-corrected chi connectivity index (χ0v) is 11.6. The Morgan fingerprint density at radius 2 is 2.00 bits per heavy atom. The van der Waals surface area contributed by atoms with Gasteiger partial charge in [0.15, 0.2) is 5.82 Å². The Balaban J connectivity index is 3.20. The fourth-order valence-electron chi connectivity index (χ4n) is 1.68. The first kappa shape index (κ1) is 16.3. The van der Waals surface area contributed by atoms with Crippen molar-refractivity contribution in [1.82, 2.24) is 4.90 Å². The van der Waals surface area contributed by atoms with Gasteiger partial charge >= 0.3 is 5.97 Å². The Labute approximate surface area is 119 Å². The average molecular weight is 299 g/mol. The minimum absolute atomic E-state index is 0.291. The van der Waals surface area contributed by atoms with Crippen LogP contribution in [0, 0.1) is 15.9 Å². The van der Waals surface area contributed by atoms with Gasteiger partial charge in [-0.3, -0.25) is 14.9 Å². The van der Waals surface area contributed by atoms with Crippen LogP contribution in [0.1, 0.15) is 17.3 Å². The second kappa shape index (κ2) is 6.16. The van der Waals surface area contributed by atoms with Gasteiger partial charge < -0.3 is 15.3 Å². The summed E-state index contributed by atoms with van der Waals surface area (Å²) in [4.78, 5) is 33.7. The second-order valence-corrected chi connectivity index (χ2v) is 4.51. The van der Waals surface area contributed by atoms with E-state index < -0.39 is 34.0 Å². The maximum Gasteiger partial charge on any atom is 0.342 e. The summed E-state index contributed by atoms with van der Waals surface area (Å²) in [5.41, 5.74) is -1.80. The molecule has 0 aromatic heterocycles. The standard InChI is InChI=1S/C12H14FN3O5/c1-6(11(17)15(2)3)14-9-4-7(12(18)19)10(16(20)21)5-8(9)13/h4-6,14H,1-3H3,(H,18,19). The van der Waals surface area contributed by atoms with E-state index in [2.05, 4.69) is 5.32 Å². The predicted molar refractivity (Wildman–Crippen MR) is 71.8 cm³/mol. The molecule has 0 aliphatic rings. The average Bonchev–Trinajstić information content (AvgIpc) is 2.38. The van der Waals surface area contributed by atoms with E-state index in [9.17, 15) is 24.1 Å². The number of aromatic carboxylic acids is 1. The van der Waals surface area contributed by atoms with Crippen molar-refractivity contribution >= 4 is 23.3 Å². The number of anilines is 1. The monoisotopic (exact) mass is 299 g/mol. The van der Waals surface area contributed by atoms with Gasteiger partial charge in [0.05, 0.1) is 16.7 Å². The van der Waals surface area contributed by atoms with E-state index in [1.807, 2.05) is 0 Å². The quantitative estimate of drug-likeness (QED) is 0.626. The molecule has 0 saturated heterocycles. The third kappa shape index (κ3) is 3.65. The summed E-state index contributed by atoms with van der Waals surface area (Å²) in [6, 6.07) is 0.492. The highest BCUT2D eigenvalue weighted by molar-refractivity contribution is 5.94. The van der Waals surface area contributed by atoms with Crippen LogP contribution in [0.4, 0.5) is 15.8 Å². The summed E-state index contributed by atoms with van der Waals surface area (Å²) in [5, 5.41) is 22.1. The summed E-state index contributed by atoms with van der Waals surface area (Å²) in [6.45, 7) is 1.46. The topological polar surface area (TPSA) is 113 Å². The van der Waals surface area contributed by atoms with Crippen LogP contribution in [-0.2, 0) is 4.79 Å². The molecule has 0 saturated carbocycles. The fraction of sp³-hybridized carbons (Fsp3) is 0.333. The maximum atomic E-state index is 13.8. The third-order valence-electron chi connectivity index (χ3n) is 2.70. The number of carboxylic acid groups (broad SMARTS) is 1. The Morgan fingerprint density at radius 3 is 2.43 bits per heavy atom. The number of carboxylic acids is 1. The zero-order chi connectivity index (χ0) is 16.3. The molecule has 9 heteroatoms. The minimum Gasteiger partial charge on any atom is -0.477 e. The van der Waals surface area contributed by atoms with E-state index in [0.29, 0.717) is 6.07 Å².